The Balaban J connectivity index is 2.42. The number of carbonyl (C=O) groups is 2. The highest BCUT2D eigenvalue weighted by Gasteiger charge is 2.41. The Morgan fingerprint density at radius 2 is 2.11 bits per heavy atom. The van der Waals surface area contributed by atoms with Crippen molar-refractivity contribution in [1.29, 1.82) is 0 Å². The van der Waals surface area contributed by atoms with Crippen molar-refractivity contribution in [3.8, 4) is 0 Å². The summed E-state index contributed by atoms with van der Waals surface area (Å²) in [7, 11) is 1.65. The Hall–Kier alpha value is -1.10. The van der Waals surface area contributed by atoms with E-state index in [1.54, 1.807) is 7.05 Å². The maximum Gasteiger partial charge on any atom is 0.227 e. The van der Waals surface area contributed by atoms with Crippen molar-refractivity contribution in [3.63, 3.8) is 0 Å². The molecule has 0 saturated carbocycles. The van der Waals surface area contributed by atoms with E-state index in [1.807, 2.05) is 11.8 Å². The Labute approximate surface area is 115 Å². The van der Waals surface area contributed by atoms with Crippen LogP contribution in [0.4, 0.5) is 0 Å². The molecule has 0 radical (unpaired) electrons. The number of nitrogens with one attached hydrogen (secondary N) is 1. The van der Waals surface area contributed by atoms with Gasteiger partial charge < -0.3 is 16.0 Å². The first-order valence-electron chi connectivity index (χ1n) is 7.13. The van der Waals surface area contributed by atoms with Crippen LogP contribution >= 0.6 is 0 Å². The fourth-order valence-electron chi connectivity index (χ4n) is 2.62. The molecule has 1 aliphatic rings. The van der Waals surface area contributed by atoms with Crippen molar-refractivity contribution in [2.45, 2.75) is 39.5 Å². The van der Waals surface area contributed by atoms with Gasteiger partial charge in [0.2, 0.25) is 11.8 Å². The first-order valence-corrected chi connectivity index (χ1v) is 7.13. The van der Waals surface area contributed by atoms with Gasteiger partial charge in [-0.2, -0.15) is 0 Å². The predicted molar refractivity (Wildman–Crippen MR) is 75.4 cm³/mol. The Bertz CT molecular complexity index is 333. The first-order chi connectivity index (χ1) is 8.92. The monoisotopic (exact) mass is 269 g/mol. The zero-order valence-electron chi connectivity index (χ0n) is 12.4. The summed E-state index contributed by atoms with van der Waals surface area (Å²) >= 11 is 0. The summed E-state index contributed by atoms with van der Waals surface area (Å²) in [5.74, 6) is 0.678. The van der Waals surface area contributed by atoms with Crippen LogP contribution in [0.1, 0.15) is 39.5 Å². The summed E-state index contributed by atoms with van der Waals surface area (Å²) in [4.78, 5) is 25.7. The number of nitrogens with zero attached hydrogens (tertiary/aromatic N) is 1. The molecule has 2 atom stereocenters. The van der Waals surface area contributed by atoms with Crippen LogP contribution in [-0.2, 0) is 9.59 Å². The van der Waals surface area contributed by atoms with Crippen molar-refractivity contribution < 1.29 is 9.59 Å². The van der Waals surface area contributed by atoms with Gasteiger partial charge in [0.25, 0.3) is 0 Å². The third kappa shape index (κ3) is 4.20. The van der Waals surface area contributed by atoms with Gasteiger partial charge >= 0.3 is 0 Å². The van der Waals surface area contributed by atoms with E-state index in [0.29, 0.717) is 32.0 Å². The zero-order valence-corrected chi connectivity index (χ0v) is 12.4. The Kier molecular flexibility index (Phi) is 5.79. The van der Waals surface area contributed by atoms with E-state index in [1.165, 1.54) is 0 Å². The lowest BCUT2D eigenvalue weighted by atomic mass is 9.89. The zero-order chi connectivity index (χ0) is 14.5. The van der Waals surface area contributed by atoms with Crippen molar-refractivity contribution in [2.24, 2.45) is 17.1 Å². The topological polar surface area (TPSA) is 75.4 Å². The van der Waals surface area contributed by atoms with E-state index in [2.05, 4.69) is 12.2 Å². The number of hydrogen-bond donors (Lipinski definition) is 2. The Morgan fingerprint density at radius 1 is 1.42 bits per heavy atom. The normalized spacial score (nSPS) is 24.3. The highest BCUT2D eigenvalue weighted by Crippen LogP contribution is 2.30. The lowest BCUT2D eigenvalue weighted by Gasteiger charge is -2.23. The minimum absolute atomic E-state index is 0.0271. The first kappa shape index (κ1) is 16.0. The molecule has 0 aromatic heterocycles. The summed E-state index contributed by atoms with van der Waals surface area (Å²) < 4.78 is 0. The molecule has 0 aromatic rings. The van der Waals surface area contributed by atoms with Crippen LogP contribution in [0.2, 0.25) is 0 Å². The third-order valence-electron chi connectivity index (χ3n) is 4.11. The van der Waals surface area contributed by atoms with E-state index in [9.17, 15) is 9.59 Å². The molecule has 0 aromatic carbocycles. The van der Waals surface area contributed by atoms with Gasteiger partial charge in [0.05, 0.1) is 5.41 Å². The summed E-state index contributed by atoms with van der Waals surface area (Å²) in [5.41, 5.74) is 5.08. The summed E-state index contributed by atoms with van der Waals surface area (Å²) in [6.07, 6.45) is 3.15. The van der Waals surface area contributed by atoms with Crippen LogP contribution in [0.15, 0.2) is 0 Å². The smallest absolute Gasteiger partial charge is 0.227 e. The maximum atomic E-state index is 12.1. The predicted octanol–water partition coefficient (Wildman–Crippen LogP) is 0.736. The lowest BCUT2D eigenvalue weighted by molar-refractivity contribution is -0.132. The Morgan fingerprint density at radius 3 is 2.68 bits per heavy atom. The highest BCUT2D eigenvalue weighted by molar-refractivity contribution is 5.84. The molecule has 0 bridgehead atoms. The molecule has 1 fully saturated rings. The van der Waals surface area contributed by atoms with Crippen molar-refractivity contribution in [1.82, 2.24) is 10.2 Å². The molecule has 0 spiro atoms. The summed E-state index contributed by atoms with van der Waals surface area (Å²) in [6, 6.07) is 0. The third-order valence-corrected chi connectivity index (χ3v) is 4.11. The van der Waals surface area contributed by atoms with Crippen LogP contribution in [-0.4, -0.2) is 43.4 Å². The number of rotatable bonds is 6. The molecule has 1 saturated heterocycles. The van der Waals surface area contributed by atoms with E-state index in [-0.39, 0.29) is 11.8 Å². The molecule has 1 heterocycles. The SMILES string of the molecule is CNC(=O)C1(C)CCN(C(=O)CCC(C)CCN)C1. The van der Waals surface area contributed by atoms with Crippen LogP contribution in [0, 0.1) is 11.3 Å². The average Bonchev–Trinajstić information content (AvgIpc) is 2.79. The van der Waals surface area contributed by atoms with Gasteiger partial charge in [-0.3, -0.25) is 9.59 Å². The van der Waals surface area contributed by atoms with Gasteiger partial charge in [0.15, 0.2) is 0 Å². The lowest BCUT2D eigenvalue weighted by Crippen LogP contribution is -2.40. The summed E-state index contributed by atoms with van der Waals surface area (Å²) in [5, 5.41) is 2.68. The standard InChI is InChI=1S/C14H27N3O2/c1-11(6-8-15)4-5-12(18)17-9-7-14(2,10-17)13(19)16-3/h11H,4-10,15H2,1-3H3,(H,16,19). The molecule has 2 unspecified atom stereocenters. The second-order valence-corrected chi connectivity index (χ2v) is 5.93. The molecular formula is C14H27N3O2. The largest absolute Gasteiger partial charge is 0.359 e. The van der Waals surface area contributed by atoms with E-state index in [0.717, 1.165) is 19.3 Å². The quantitative estimate of drug-likeness (QED) is 0.746. The number of hydrogen-bond acceptors (Lipinski definition) is 3. The average molecular weight is 269 g/mol. The fourth-order valence-corrected chi connectivity index (χ4v) is 2.62. The summed E-state index contributed by atoms with van der Waals surface area (Å²) in [6.45, 7) is 5.95. The molecule has 5 heteroatoms. The van der Waals surface area contributed by atoms with Crippen LogP contribution in [0.5, 0.6) is 0 Å². The van der Waals surface area contributed by atoms with E-state index < -0.39 is 5.41 Å². The van der Waals surface area contributed by atoms with E-state index >= 15 is 0 Å². The molecular weight excluding hydrogens is 242 g/mol. The second-order valence-electron chi connectivity index (χ2n) is 5.93. The molecule has 110 valence electrons. The fraction of sp³-hybridized carbons (Fsp3) is 0.857. The van der Waals surface area contributed by atoms with Gasteiger partial charge in [-0.25, -0.2) is 0 Å². The van der Waals surface area contributed by atoms with Crippen LogP contribution < -0.4 is 11.1 Å². The number of likely N-dealkylation sites (tertiary alicyclic amines) is 1. The molecule has 0 aliphatic carbocycles. The van der Waals surface area contributed by atoms with Crippen molar-refractivity contribution >= 4 is 11.8 Å². The van der Waals surface area contributed by atoms with Crippen molar-refractivity contribution in [3.05, 3.63) is 0 Å². The minimum Gasteiger partial charge on any atom is -0.359 e. The minimum atomic E-state index is -0.423. The highest BCUT2D eigenvalue weighted by atomic mass is 16.2. The molecule has 1 aliphatic heterocycles. The number of amides is 2. The number of carbonyl (C=O) groups excluding carboxylic acids is 2. The van der Waals surface area contributed by atoms with Gasteiger partial charge in [0.1, 0.15) is 0 Å². The molecule has 2 amide bonds. The van der Waals surface area contributed by atoms with Gasteiger partial charge in [-0.15, -0.1) is 0 Å². The van der Waals surface area contributed by atoms with Gasteiger partial charge in [-0.1, -0.05) is 6.92 Å². The van der Waals surface area contributed by atoms with Crippen LogP contribution in [0.3, 0.4) is 0 Å². The van der Waals surface area contributed by atoms with Gasteiger partial charge in [-0.05, 0) is 38.6 Å². The van der Waals surface area contributed by atoms with Crippen LogP contribution in [0.25, 0.3) is 0 Å². The second kappa shape index (κ2) is 6.89. The molecule has 3 N–H and O–H groups in total. The molecule has 5 nitrogen and oxygen atoms in total. The van der Waals surface area contributed by atoms with E-state index in [4.69, 9.17) is 5.73 Å². The molecule has 19 heavy (non-hydrogen) atoms. The van der Waals surface area contributed by atoms with Crippen molar-refractivity contribution in [2.75, 3.05) is 26.7 Å². The molecule has 1 rings (SSSR count). The maximum absolute atomic E-state index is 12.1. The number of nitrogens with two attached hydrogens (primary N) is 1. The van der Waals surface area contributed by atoms with Gasteiger partial charge in [0, 0.05) is 26.6 Å².